The van der Waals surface area contributed by atoms with Gasteiger partial charge in [-0.05, 0) is 25.0 Å². The maximum absolute atomic E-state index is 8.74. The van der Waals surface area contributed by atoms with Gasteiger partial charge >= 0.3 is 0 Å². The van der Waals surface area contributed by atoms with Gasteiger partial charge in [-0.1, -0.05) is 31.4 Å². The number of benzene rings is 1. The fourth-order valence-electron chi connectivity index (χ4n) is 2.44. The molecule has 4 heteroatoms. The van der Waals surface area contributed by atoms with Crippen LogP contribution in [0.1, 0.15) is 32.1 Å². The summed E-state index contributed by atoms with van der Waals surface area (Å²) in [6, 6.07) is 12.1. The number of rotatable bonds is 4. The van der Waals surface area contributed by atoms with Gasteiger partial charge in [-0.15, -0.1) is 0 Å². The molecule has 20 heavy (non-hydrogen) atoms. The molecule has 1 saturated carbocycles. The summed E-state index contributed by atoms with van der Waals surface area (Å²) in [5.41, 5.74) is 1.98. The smallest absolute Gasteiger partial charge is 0.145 e. The molecule has 2 rings (SSSR count). The zero-order valence-corrected chi connectivity index (χ0v) is 11.4. The van der Waals surface area contributed by atoms with E-state index in [0.29, 0.717) is 6.04 Å². The molecular formula is C16H18N4. The minimum absolute atomic E-state index is 0.0671. The molecule has 1 fully saturated rings. The normalized spacial score (nSPS) is 14.7. The van der Waals surface area contributed by atoms with Crippen LogP contribution in [-0.4, -0.2) is 6.04 Å². The van der Waals surface area contributed by atoms with Gasteiger partial charge in [0.2, 0.25) is 0 Å². The van der Waals surface area contributed by atoms with Gasteiger partial charge in [0.1, 0.15) is 17.7 Å². The zero-order chi connectivity index (χ0) is 14.2. The Morgan fingerprint density at radius 3 is 2.35 bits per heavy atom. The van der Waals surface area contributed by atoms with E-state index in [4.69, 9.17) is 10.5 Å². The molecule has 0 bridgehead atoms. The predicted octanol–water partition coefficient (Wildman–Crippen LogP) is 3.77. The van der Waals surface area contributed by atoms with E-state index in [1.807, 2.05) is 36.4 Å². The van der Waals surface area contributed by atoms with Crippen LogP contribution in [0.4, 0.5) is 11.4 Å². The van der Waals surface area contributed by atoms with Crippen LogP contribution in [0, 0.1) is 22.7 Å². The number of hydrogen-bond donors (Lipinski definition) is 2. The van der Waals surface area contributed by atoms with Crippen molar-refractivity contribution in [1.82, 2.24) is 0 Å². The molecule has 0 amide bonds. The molecule has 1 aromatic carbocycles. The Labute approximate surface area is 119 Å². The Bertz CT molecular complexity index is 541. The number of nitriles is 2. The van der Waals surface area contributed by atoms with Crippen molar-refractivity contribution in [3.8, 4) is 12.1 Å². The van der Waals surface area contributed by atoms with Gasteiger partial charge in [0.05, 0.1) is 11.4 Å². The summed E-state index contributed by atoms with van der Waals surface area (Å²) >= 11 is 0. The highest BCUT2D eigenvalue weighted by Crippen LogP contribution is 2.26. The molecular weight excluding hydrogens is 248 g/mol. The molecule has 0 heterocycles. The average Bonchev–Trinajstić information content (AvgIpc) is 2.51. The highest BCUT2D eigenvalue weighted by molar-refractivity contribution is 5.70. The van der Waals surface area contributed by atoms with Crippen LogP contribution < -0.4 is 10.6 Å². The first-order valence-electron chi connectivity index (χ1n) is 6.96. The Balaban J connectivity index is 2.08. The first kappa shape index (κ1) is 14.0. The van der Waals surface area contributed by atoms with E-state index >= 15 is 0 Å². The number of allylic oxidation sites excluding steroid dienone is 1. The molecule has 1 aromatic rings. The van der Waals surface area contributed by atoms with Crippen molar-refractivity contribution < 1.29 is 0 Å². The van der Waals surface area contributed by atoms with Crippen molar-refractivity contribution >= 4 is 11.4 Å². The highest BCUT2D eigenvalue weighted by Gasteiger charge is 2.14. The summed E-state index contributed by atoms with van der Waals surface area (Å²) in [5.74, 6) is 0. The molecule has 0 unspecified atom stereocenters. The minimum atomic E-state index is 0.0671. The van der Waals surface area contributed by atoms with E-state index in [2.05, 4.69) is 10.6 Å². The zero-order valence-electron chi connectivity index (χ0n) is 11.4. The van der Waals surface area contributed by atoms with Crippen LogP contribution in [0.3, 0.4) is 0 Å². The minimum Gasteiger partial charge on any atom is -0.381 e. The lowest BCUT2D eigenvalue weighted by molar-refractivity contribution is 0.463. The first-order valence-corrected chi connectivity index (χ1v) is 6.96. The third-order valence-electron chi connectivity index (χ3n) is 3.50. The van der Waals surface area contributed by atoms with Crippen molar-refractivity contribution in [2.45, 2.75) is 38.1 Å². The Morgan fingerprint density at radius 1 is 1.05 bits per heavy atom. The Morgan fingerprint density at radius 2 is 1.70 bits per heavy atom. The molecule has 0 aromatic heterocycles. The summed E-state index contributed by atoms with van der Waals surface area (Å²) in [5, 5.41) is 24.1. The van der Waals surface area contributed by atoms with Crippen molar-refractivity contribution in [3.05, 3.63) is 36.0 Å². The van der Waals surface area contributed by atoms with Crippen LogP contribution in [0.15, 0.2) is 36.0 Å². The molecule has 102 valence electrons. The average molecular weight is 266 g/mol. The second kappa shape index (κ2) is 7.21. The molecule has 0 atom stereocenters. The maximum atomic E-state index is 8.74. The molecule has 1 aliphatic rings. The van der Waals surface area contributed by atoms with Gasteiger partial charge in [0.15, 0.2) is 0 Å². The van der Waals surface area contributed by atoms with E-state index in [-0.39, 0.29) is 5.57 Å². The number of nitrogens with zero attached hydrogens (tertiary/aromatic N) is 2. The third kappa shape index (κ3) is 3.76. The summed E-state index contributed by atoms with van der Waals surface area (Å²) in [6.07, 6.45) is 7.73. The van der Waals surface area contributed by atoms with Gasteiger partial charge in [-0.2, -0.15) is 10.5 Å². The van der Waals surface area contributed by atoms with Gasteiger partial charge in [0.25, 0.3) is 0 Å². The fourth-order valence-corrected chi connectivity index (χ4v) is 2.44. The Kier molecular flexibility index (Phi) is 5.03. The van der Waals surface area contributed by atoms with E-state index in [9.17, 15) is 0 Å². The molecule has 0 aliphatic heterocycles. The topological polar surface area (TPSA) is 71.6 Å². The second-order valence-corrected chi connectivity index (χ2v) is 4.95. The van der Waals surface area contributed by atoms with Crippen molar-refractivity contribution in [2.24, 2.45) is 0 Å². The quantitative estimate of drug-likeness (QED) is 0.814. The number of para-hydroxylation sites is 2. The lowest BCUT2D eigenvalue weighted by atomic mass is 9.95. The van der Waals surface area contributed by atoms with Crippen LogP contribution in [0.5, 0.6) is 0 Å². The number of anilines is 2. The van der Waals surface area contributed by atoms with Crippen LogP contribution in [0.25, 0.3) is 0 Å². The van der Waals surface area contributed by atoms with Crippen LogP contribution >= 0.6 is 0 Å². The highest BCUT2D eigenvalue weighted by atomic mass is 15.0. The van der Waals surface area contributed by atoms with E-state index in [1.54, 1.807) is 0 Å². The summed E-state index contributed by atoms with van der Waals surface area (Å²) in [4.78, 5) is 0. The van der Waals surface area contributed by atoms with E-state index < -0.39 is 0 Å². The molecule has 2 N–H and O–H groups in total. The predicted molar refractivity (Wildman–Crippen MR) is 79.9 cm³/mol. The van der Waals surface area contributed by atoms with Gasteiger partial charge in [-0.25, -0.2) is 0 Å². The maximum Gasteiger partial charge on any atom is 0.145 e. The van der Waals surface area contributed by atoms with Crippen molar-refractivity contribution in [1.29, 1.82) is 10.5 Å². The van der Waals surface area contributed by atoms with Gasteiger partial charge < -0.3 is 10.6 Å². The van der Waals surface area contributed by atoms with Gasteiger partial charge in [-0.3, -0.25) is 0 Å². The fraction of sp³-hybridized carbons (Fsp3) is 0.375. The van der Waals surface area contributed by atoms with Crippen molar-refractivity contribution in [2.75, 3.05) is 10.6 Å². The molecule has 4 nitrogen and oxygen atoms in total. The van der Waals surface area contributed by atoms with E-state index in [0.717, 1.165) is 11.4 Å². The largest absolute Gasteiger partial charge is 0.381 e. The second-order valence-electron chi connectivity index (χ2n) is 4.95. The lowest BCUT2D eigenvalue weighted by Crippen LogP contribution is -2.22. The number of nitrogens with one attached hydrogen (secondary N) is 2. The lowest BCUT2D eigenvalue weighted by Gasteiger charge is -2.25. The summed E-state index contributed by atoms with van der Waals surface area (Å²) in [6.45, 7) is 0. The SMILES string of the molecule is N#CC(C#N)=CNc1ccccc1NC1CCCCC1. The molecule has 0 radical (unpaired) electrons. The van der Waals surface area contributed by atoms with Gasteiger partial charge in [0, 0.05) is 12.2 Å². The van der Waals surface area contributed by atoms with Crippen LogP contribution in [0.2, 0.25) is 0 Å². The Hall–Kier alpha value is -2.46. The summed E-state index contributed by atoms with van der Waals surface area (Å²) < 4.78 is 0. The summed E-state index contributed by atoms with van der Waals surface area (Å²) in [7, 11) is 0. The molecule has 1 aliphatic carbocycles. The van der Waals surface area contributed by atoms with E-state index in [1.165, 1.54) is 38.3 Å². The molecule has 0 saturated heterocycles. The van der Waals surface area contributed by atoms with Crippen molar-refractivity contribution in [3.63, 3.8) is 0 Å². The molecule has 0 spiro atoms. The monoisotopic (exact) mass is 266 g/mol. The number of hydrogen-bond acceptors (Lipinski definition) is 4. The first-order chi connectivity index (χ1) is 9.83. The third-order valence-corrected chi connectivity index (χ3v) is 3.50. The standard InChI is InChI=1S/C16H18N4/c17-10-13(11-18)12-19-15-8-4-5-9-16(15)20-14-6-2-1-3-7-14/h4-5,8-9,12,14,19-20H,1-3,6-7H2. The van der Waals surface area contributed by atoms with Crippen LogP contribution in [-0.2, 0) is 0 Å².